The topological polar surface area (TPSA) is 34.9 Å². The molecule has 0 atom stereocenters. The minimum Gasteiger partial charge on any atom is -0.294 e. The Labute approximate surface area is 84.1 Å². The monoisotopic (exact) mass is 192 g/mol. The molecule has 0 bridgehead atoms. The van der Waals surface area contributed by atoms with Crippen LogP contribution in [0.2, 0.25) is 0 Å². The van der Waals surface area contributed by atoms with Crippen LogP contribution in [0.25, 0.3) is 0 Å². The molecule has 0 amide bonds. The molecule has 3 heteroatoms. The Morgan fingerprint density at radius 3 is 2.93 bits per heavy atom. The first-order valence-electron chi connectivity index (χ1n) is 5.23. The molecule has 1 aliphatic carbocycles. The lowest BCUT2D eigenvalue weighted by atomic mass is 10.1. The van der Waals surface area contributed by atoms with E-state index in [1.54, 1.807) is 6.20 Å². The van der Waals surface area contributed by atoms with Crippen LogP contribution in [0.15, 0.2) is 12.4 Å². The van der Waals surface area contributed by atoms with Crippen molar-refractivity contribution in [3.8, 4) is 0 Å². The van der Waals surface area contributed by atoms with Crippen LogP contribution in [-0.2, 0) is 6.54 Å². The summed E-state index contributed by atoms with van der Waals surface area (Å²) in [7, 11) is 0. The van der Waals surface area contributed by atoms with Gasteiger partial charge in [-0.3, -0.25) is 9.48 Å². The predicted molar refractivity (Wildman–Crippen MR) is 54.1 cm³/mol. The second-order valence-electron chi connectivity index (χ2n) is 4.48. The van der Waals surface area contributed by atoms with Gasteiger partial charge in [0.15, 0.2) is 5.78 Å². The summed E-state index contributed by atoms with van der Waals surface area (Å²) in [5.74, 6) is 1.14. The average Bonchev–Trinajstić information content (AvgIpc) is 2.86. The van der Waals surface area contributed by atoms with Gasteiger partial charge in [-0.2, -0.15) is 5.10 Å². The average molecular weight is 192 g/mol. The zero-order valence-corrected chi connectivity index (χ0v) is 8.73. The van der Waals surface area contributed by atoms with Gasteiger partial charge in [0, 0.05) is 18.7 Å². The van der Waals surface area contributed by atoms with E-state index in [0.717, 1.165) is 24.9 Å². The van der Waals surface area contributed by atoms with Crippen LogP contribution in [0.5, 0.6) is 0 Å². The van der Waals surface area contributed by atoms with E-state index in [9.17, 15) is 4.79 Å². The number of nitrogens with zero attached hydrogens (tertiary/aromatic N) is 2. The highest BCUT2D eigenvalue weighted by Gasteiger charge is 2.31. The number of rotatable bonds is 4. The van der Waals surface area contributed by atoms with Gasteiger partial charge in [0.25, 0.3) is 0 Å². The maximum absolute atomic E-state index is 11.7. The number of Topliss-reactive ketones (excluding diaryl/α,β-unsaturated/α-hetero) is 1. The lowest BCUT2D eigenvalue weighted by Crippen LogP contribution is -2.05. The van der Waals surface area contributed by atoms with Crippen molar-refractivity contribution in [1.29, 1.82) is 0 Å². The largest absolute Gasteiger partial charge is 0.294 e. The molecule has 3 nitrogen and oxygen atoms in total. The highest BCUT2D eigenvalue weighted by atomic mass is 16.1. The number of hydrogen-bond acceptors (Lipinski definition) is 2. The van der Waals surface area contributed by atoms with Gasteiger partial charge in [0.2, 0.25) is 0 Å². The quantitative estimate of drug-likeness (QED) is 0.685. The fourth-order valence-corrected chi connectivity index (χ4v) is 1.55. The van der Waals surface area contributed by atoms with E-state index < -0.39 is 0 Å². The summed E-state index contributed by atoms with van der Waals surface area (Å²) >= 11 is 0. The van der Waals surface area contributed by atoms with Gasteiger partial charge >= 0.3 is 0 Å². The van der Waals surface area contributed by atoms with Gasteiger partial charge in [-0.15, -0.1) is 0 Å². The summed E-state index contributed by atoms with van der Waals surface area (Å²) in [4.78, 5) is 11.7. The first-order chi connectivity index (χ1) is 6.66. The summed E-state index contributed by atoms with van der Waals surface area (Å²) < 4.78 is 1.86. The van der Waals surface area contributed by atoms with Crippen molar-refractivity contribution in [2.75, 3.05) is 0 Å². The molecule has 0 aromatic carbocycles. The van der Waals surface area contributed by atoms with Crippen LogP contribution in [0.1, 0.15) is 37.0 Å². The number of aromatic nitrogens is 2. The molecule has 1 heterocycles. The molecule has 14 heavy (non-hydrogen) atoms. The second-order valence-corrected chi connectivity index (χ2v) is 4.48. The van der Waals surface area contributed by atoms with Gasteiger partial charge in [0.1, 0.15) is 0 Å². The van der Waals surface area contributed by atoms with E-state index in [4.69, 9.17) is 0 Å². The molecule has 0 radical (unpaired) electrons. The van der Waals surface area contributed by atoms with Crippen LogP contribution in [0, 0.1) is 11.8 Å². The Bertz CT molecular complexity index is 337. The Hall–Kier alpha value is -1.12. The van der Waals surface area contributed by atoms with Gasteiger partial charge < -0.3 is 0 Å². The maximum Gasteiger partial charge on any atom is 0.169 e. The number of carbonyl (C=O) groups excluding carboxylic acids is 1. The molecule has 1 aliphatic rings. The first kappa shape index (κ1) is 9.44. The van der Waals surface area contributed by atoms with Crippen LogP contribution in [0.4, 0.5) is 0 Å². The Morgan fingerprint density at radius 2 is 2.36 bits per heavy atom. The molecule has 0 unspecified atom stereocenters. The summed E-state index contributed by atoms with van der Waals surface area (Å²) in [6, 6.07) is 0. The van der Waals surface area contributed by atoms with E-state index in [0.29, 0.717) is 11.8 Å². The summed E-state index contributed by atoms with van der Waals surface area (Å²) in [5.41, 5.74) is 0.785. The zero-order valence-electron chi connectivity index (χ0n) is 8.73. The van der Waals surface area contributed by atoms with Crippen molar-refractivity contribution < 1.29 is 4.79 Å². The molecule has 1 aromatic rings. The molecule has 1 fully saturated rings. The molecule has 1 aromatic heterocycles. The highest BCUT2D eigenvalue weighted by molar-refractivity contribution is 5.98. The third-order valence-corrected chi connectivity index (χ3v) is 2.42. The predicted octanol–water partition coefficient (Wildman–Crippen LogP) is 2.13. The zero-order chi connectivity index (χ0) is 10.1. The molecular weight excluding hydrogens is 176 g/mol. The van der Waals surface area contributed by atoms with Crippen molar-refractivity contribution in [3.05, 3.63) is 18.0 Å². The molecular formula is C11H16N2O. The molecule has 0 aliphatic heterocycles. The van der Waals surface area contributed by atoms with Gasteiger partial charge in [-0.25, -0.2) is 0 Å². The van der Waals surface area contributed by atoms with Gasteiger partial charge in [0.05, 0.1) is 11.8 Å². The highest BCUT2D eigenvalue weighted by Crippen LogP contribution is 2.32. The van der Waals surface area contributed by atoms with Crippen molar-refractivity contribution in [1.82, 2.24) is 9.78 Å². The van der Waals surface area contributed by atoms with Crippen molar-refractivity contribution in [2.45, 2.75) is 33.2 Å². The van der Waals surface area contributed by atoms with Crippen molar-refractivity contribution in [2.24, 2.45) is 11.8 Å². The van der Waals surface area contributed by atoms with Crippen LogP contribution in [0.3, 0.4) is 0 Å². The smallest absolute Gasteiger partial charge is 0.169 e. The Morgan fingerprint density at radius 1 is 1.64 bits per heavy atom. The SMILES string of the molecule is CC(C)Cn1cc(C(=O)C2CC2)cn1. The molecule has 0 saturated heterocycles. The van der Waals surface area contributed by atoms with Crippen molar-refractivity contribution >= 4 is 5.78 Å². The minimum absolute atomic E-state index is 0.278. The summed E-state index contributed by atoms with van der Waals surface area (Å²) in [6.07, 6.45) is 5.70. The lowest BCUT2D eigenvalue weighted by Gasteiger charge is -2.03. The van der Waals surface area contributed by atoms with Crippen LogP contribution in [-0.4, -0.2) is 15.6 Å². The fraction of sp³-hybridized carbons (Fsp3) is 0.636. The molecule has 0 N–H and O–H groups in total. The minimum atomic E-state index is 0.278. The lowest BCUT2D eigenvalue weighted by molar-refractivity contribution is 0.0967. The maximum atomic E-state index is 11.7. The fourth-order valence-electron chi connectivity index (χ4n) is 1.55. The third-order valence-electron chi connectivity index (χ3n) is 2.42. The van der Waals surface area contributed by atoms with E-state index in [2.05, 4.69) is 18.9 Å². The molecule has 0 spiro atoms. The number of ketones is 1. The van der Waals surface area contributed by atoms with E-state index in [1.165, 1.54) is 0 Å². The van der Waals surface area contributed by atoms with E-state index in [-0.39, 0.29) is 5.78 Å². The summed E-state index contributed by atoms with van der Waals surface area (Å²) in [6.45, 7) is 5.17. The van der Waals surface area contributed by atoms with Crippen LogP contribution >= 0.6 is 0 Å². The second kappa shape index (κ2) is 3.56. The normalized spacial score (nSPS) is 16.2. The van der Waals surface area contributed by atoms with Crippen molar-refractivity contribution in [3.63, 3.8) is 0 Å². The molecule has 76 valence electrons. The third kappa shape index (κ3) is 2.03. The van der Waals surface area contributed by atoms with Gasteiger partial charge in [-0.05, 0) is 18.8 Å². The van der Waals surface area contributed by atoms with Gasteiger partial charge in [-0.1, -0.05) is 13.8 Å². The summed E-state index contributed by atoms with van der Waals surface area (Å²) in [5, 5.41) is 4.18. The van der Waals surface area contributed by atoms with E-state index >= 15 is 0 Å². The first-order valence-corrected chi connectivity index (χ1v) is 5.23. The number of hydrogen-bond donors (Lipinski definition) is 0. The standard InChI is InChI=1S/C11H16N2O/c1-8(2)6-13-7-10(5-12-13)11(14)9-3-4-9/h5,7-9H,3-4,6H2,1-2H3. The molecule has 1 saturated carbocycles. The van der Waals surface area contributed by atoms with Crippen LogP contribution < -0.4 is 0 Å². The Kier molecular flexibility index (Phi) is 2.40. The van der Waals surface area contributed by atoms with E-state index in [1.807, 2.05) is 10.9 Å². The number of carbonyl (C=O) groups is 1. The molecule has 2 rings (SSSR count). The Balaban J connectivity index is 2.05.